The Morgan fingerprint density at radius 3 is 2.04 bits per heavy atom. The highest BCUT2D eigenvalue weighted by Gasteiger charge is 2.26. The van der Waals surface area contributed by atoms with Crippen molar-refractivity contribution in [2.75, 3.05) is 26.2 Å². The summed E-state index contributed by atoms with van der Waals surface area (Å²) in [5.41, 5.74) is 3.92. The molecule has 0 unspecified atom stereocenters. The Bertz CT molecular complexity index is 1980. The highest BCUT2D eigenvalue weighted by Crippen LogP contribution is 2.33. The lowest BCUT2D eigenvalue weighted by molar-refractivity contribution is 0.0544. The number of carbonyl (C=O) groups is 3. The second-order valence-corrected chi connectivity index (χ2v) is 12.4. The lowest BCUT2D eigenvalue weighted by Crippen LogP contribution is -2.50. The summed E-state index contributed by atoms with van der Waals surface area (Å²) in [6.45, 7) is 3.74. The number of ether oxygens (including phenoxy) is 1. The Balaban J connectivity index is 1.20. The Hall–Kier alpha value is -5.02. The third kappa shape index (κ3) is 6.90. The molecule has 1 fully saturated rings. The van der Waals surface area contributed by atoms with Crippen LogP contribution in [0.3, 0.4) is 0 Å². The third-order valence-corrected chi connectivity index (χ3v) is 8.95. The van der Waals surface area contributed by atoms with Crippen LogP contribution >= 0.6 is 15.9 Å². The van der Waals surface area contributed by atoms with E-state index in [1.807, 2.05) is 84.9 Å². The van der Waals surface area contributed by atoms with Crippen molar-refractivity contribution in [1.29, 1.82) is 0 Å². The normalized spacial score (nSPS) is 13.1. The largest absolute Gasteiger partial charge is 0.445 e. The quantitative estimate of drug-likeness (QED) is 0.161. The lowest BCUT2D eigenvalue weighted by atomic mass is 9.94. The molecule has 1 aromatic heterocycles. The number of nitrogens with zero attached hydrogens (tertiary/aromatic N) is 3. The standard InChI is InChI=1S/C38H34BrN3O5/c1-2-33(43)35-34(28-11-7-4-8-12-28)32-23-30(39)17-18-31(32)37(45)42(35)24-26-13-15-29(16-14-26)36(44)40-19-21-41(22-20-40)38(46)47-25-27-9-5-3-6-10-27/h3-18,23H,2,19-22,24-25H2,1H3. The summed E-state index contributed by atoms with van der Waals surface area (Å²) in [6.07, 6.45) is -0.150. The van der Waals surface area contributed by atoms with E-state index in [2.05, 4.69) is 15.9 Å². The number of aromatic nitrogens is 1. The van der Waals surface area contributed by atoms with Gasteiger partial charge in [-0.05, 0) is 52.4 Å². The number of benzene rings is 4. The minimum atomic E-state index is -0.391. The summed E-state index contributed by atoms with van der Waals surface area (Å²) in [5, 5.41) is 1.24. The molecular formula is C38H34BrN3O5. The lowest BCUT2D eigenvalue weighted by Gasteiger charge is -2.34. The second kappa shape index (κ2) is 14.2. The van der Waals surface area contributed by atoms with Gasteiger partial charge < -0.3 is 14.5 Å². The first kappa shape index (κ1) is 31.9. The number of hydrogen-bond acceptors (Lipinski definition) is 5. The molecule has 0 radical (unpaired) electrons. The number of piperazine rings is 1. The van der Waals surface area contributed by atoms with E-state index in [-0.39, 0.29) is 36.8 Å². The fraction of sp³-hybridized carbons (Fsp3) is 0.211. The van der Waals surface area contributed by atoms with Crippen molar-refractivity contribution in [3.63, 3.8) is 0 Å². The second-order valence-electron chi connectivity index (χ2n) is 11.5. The third-order valence-electron chi connectivity index (χ3n) is 8.45. The van der Waals surface area contributed by atoms with Crippen LogP contribution in [0.25, 0.3) is 21.9 Å². The molecule has 1 saturated heterocycles. The number of rotatable bonds is 8. The molecule has 4 aromatic carbocycles. The van der Waals surface area contributed by atoms with Crippen LogP contribution in [-0.2, 0) is 17.9 Å². The minimum absolute atomic E-state index is 0.127. The Morgan fingerprint density at radius 2 is 1.38 bits per heavy atom. The van der Waals surface area contributed by atoms with E-state index < -0.39 is 6.09 Å². The first-order valence-electron chi connectivity index (χ1n) is 15.6. The molecule has 47 heavy (non-hydrogen) atoms. The molecule has 0 bridgehead atoms. The van der Waals surface area contributed by atoms with E-state index in [1.54, 1.807) is 39.5 Å². The summed E-state index contributed by atoms with van der Waals surface area (Å²) in [5.74, 6) is -0.256. The average molecular weight is 693 g/mol. The molecule has 238 valence electrons. The molecule has 6 rings (SSSR count). The molecule has 2 amide bonds. The monoisotopic (exact) mass is 691 g/mol. The average Bonchev–Trinajstić information content (AvgIpc) is 3.12. The zero-order valence-electron chi connectivity index (χ0n) is 26.0. The van der Waals surface area contributed by atoms with Gasteiger partial charge in [0.25, 0.3) is 11.5 Å². The Morgan fingerprint density at radius 1 is 0.745 bits per heavy atom. The summed E-state index contributed by atoms with van der Waals surface area (Å²) in [4.78, 5) is 56.7. The summed E-state index contributed by atoms with van der Waals surface area (Å²) < 4.78 is 7.83. The van der Waals surface area contributed by atoms with Crippen molar-refractivity contribution in [2.45, 2.75) is 26.5 Å². The van der Waals surface area contributed by atoms with E-state index in [4.69, 9.17) is 4.74 Å². The summed E-state index contributed by atoms with van der Waals surface area (Å²) >= 11 is 3.54. The number of fused-ring (bicyclic) bond motifs is 1. The number of hydrogen-bond donors (Lipinski definition) is 0. The van der Waals surface area contributed by atoms with Gasteiger partial charge in [0, 0.05) is 53.6 Å². The maximum Gasteiger partial charge on any atom is 0.410 e. The number of ketones is 1. The van der Waals surface area contributed by atoms with Crippen molar-refractivity contribution in [3.8, 4) is 11.1 Å². The zero-order valence-corrected chi connectivity index (χ0v) is 27.6. The van der Waals surface area contributed by atoms with Gasteiger partial charge in [-0.25, -0.2) is 4.79 Å². The van der Waals surface area contributed by atoms with Gasteiger partial charge in [0.15, 0.2) is 5.78 Å². The van der Waals surface area contributed by atoms with Gasteiger partial charge in [-0.2, -0.15) is 0 Å². The first-order chi connectivity index (χ1) is 22.8. The van der Waals surface area contributed by atoms with E-state index in [0.717, 1.165) is 26.7 Å². The molecule has 1 aliphatic heterocycles. The molecule has 2 heterocycles. The van der Waals surface area contributed by atoms with Crippen molar-refractivity contribution < 1.29 is 19.1 Å². The fourth-order valence-electron chi connectivity index (χ4n) is 5.95. The number of pyridine rings is 1. The van der Waals surface area contributed by atoms with Crippen molar-refractivity contribution in [1.82, 2.24) is 14.4 Å². The summed E-state index contributed by atoms with van der Waals surface area (Å²) in [6, 6.07) is 31.8. The van der Waals surface area contributed by atoms with Crippen molar-refractivity contribution >= 4 is 44.5 Å². The van der Waals surface area contributed by atoms with Gasteiger partial charge >= 0.3 is 6.09 Å². The van der Waals surface area contributed by atoms with Gasteiger partial charge in [-0.1, -0.05) is 95.7 Å². The molecule has 0 atom stereocenters. The molecule has 9 heteroatoms. The van der Waals surface area contributed by atoms with Gasteiger partial charge in [0.2, 0.25) is 0 Å². The zero-order chi connectivity index (χ0) is 32.9. The Kier molecular flexibility index (Phi) is 9.63. The number of amides is 2. The maximum absolute atomic E-state index is 13.9. The van der Waals surface area contributed by atoms with Crippen LogP contribution < -0.4 is 5.56 Å². The molecule has 0 spiro atoms. The molecule has 0 saturated carbocycles. The smallest absolute Gasteiger partial charge is 0.410 e. The molecule has 8 nitrogen and oxygen atoms in total. The first-order valence-corrected chi connectivity index (χ1v) is 16.4. The van der Waals surface area contributed by atoms with Crippen molar-refractivity contribution in [2.24, 2.45) is 0 Å². The van der Waals surface area contributed by atoms with E-state index in [0.29, 0.717) is 48.2 Å². The molecule has 5 aromatic rings. The molecule has 0 aliphatic carbocycles. The highest BCUT2D eigenvalue weighted by atomic mass is 79.9. The highest BCUT2D eigenvalue weighted by molar-refractivity contribution is 9.10. The van der Waals surface area contributed by atoms with Gasteiger partial charge in [0.05, 0.1) is 12.2 Å². The predicted octanol–water partition coefficient (Wildman–Crippen LogP) is 7.17. The van der Waals surface area contributed by atoms with E-state index in [9.17, 15) is 19.2 Å². The van der Waals surface area contributed by atoms with Crippen molar-refractivity contribution in [3.05, 3.63) is 140 Å². The van der Waals surface area contributed by atoms with Crippen LogP contribution in [0.15, 0.2) is 112 Å². The SMILES string of the molecule is CCC(=O)c1c(-c2ccccc2)c2cc(Br)ccc2c(=O)n1Cc1ccc(C(=O)N2CCN(C(=O)OCc3ccccc3)CC2)cc1. The topological polar surface area (TPSA) is 88.9 Å². The molecular weight excluding hydrogens is 658 g/mol. The molecule has 0 N–H and O–H groups in total. The Labute approximate surface area is 281 Å². The van der Waals surface area contributed by atoms with E-state index in [1.165, 1.54) is 0 Å². The predicted molar refractivity (Wildman–Crippen MR) is 186 cm³/mol. The van der Waals surface area contributed by atoms with Crippen LogP contribution in [0.5, 0.6) is 0 Å². The number of Topliss-reactive ketones (excluding diaryl/α,β-unsaturated/α-hetero) is 1. The fourth-order valence-corrected chi connectivity index (χ4v) is 6.31. The minimum Gasteiger partial charge on any atom is -0.445 e. The van der Waals surface area contributed by atoms with Gasteiger partial charge in [-0.15, -0.1) is 0 Å². The van der Waals surface area contributed by atoms with E-state index >= 15 is 0 Å². The molecule has 1 aliphatic rings. The van der Waals surface area contributed by atoms with Gasteiger partial charge in [0.1, 0.15) is 6.61 Å². The number of carbonyl (C=O) groups excluding carboxylic acids is 3. The van der Waals surface area contributed by atoms with Crippen LogP contribution in [0, 0.1) is 0 Å². The van der Waals surface area contributed by atoms with Gasteiger partial charge in [-0.3, -0.25) is 19.0 Å². The number of halogens is 1. The maximum atomic E-state index is 13.9. The van der Waals surface area contributed by atoms with Crippen LogP contribution in [-0.4, -0.2) is 58.3 Å². The van der Waals surface area contributed by atoms with Crippen LogP contribution in [0.2, 0.25) is 0 Å². The van der Waals surface area contributed by atoms with Crippen LogP contribution in [0.4, 0.5) is 4.79 Å². The summed E-state index contributed by atoms with van der Waals surface area (Å²) in [7, 11) is 0. The van der Waals surface area contributed by atoms with Crippen LogP contribution in [0.1, 0.15) is 45.3 Å².